The van der Waals surface area contributed by atoms with Gasteiger partial charge in [0.25, 0.3) is 0 Å². The second-order valence-electron chi connectivity index (χ2n) is 5.85. The molecule has 0 bridgehead atoms. The summed E-state index contributed by atoms with van der Waals surface area (Å²) in [6.07, 6.45) is 3.15. The van der Waals surface area contributed by atoms with E-state index in [0.717, 1.165) is 31.6 Å². The van der Waals surface area contributed by atoms with Crippen LogP contribution in [0.4, 0.5) is 0 Å². The molecule has 18 heavy (non-hydrogen) atoms. The van der Waals surface area contributed by atoms with E-state index in [9.17, 15) is 0 Å². The van der Waals surface area contributed by atoms with Crippen LogP contribution in [0.1, 0.15) is 43.9 Å². The number of ether oxygens (including phenoxy) is 1. The minimum absolute atomic E-state index is 0.167. The Morgan fingerprint density at radius 3 is 2.89 bits per heavy atom. The van der Waals surface area contributed by atoms with Crippen molar-refractivity contribution in [2.24, 2.45) is 5.73 Å². The summed E-state index contributed by atoms with van der Waals surface area (Å²) in [6, 6.07) is 6.81. The first kappa shape index (κ1) is 13.4. The second kappa shape index (κ2) is 5.29. The monoisotopic (exact) mass is 248 g/mol. The van der Waals surface area contributed by atoms with Gasteiger partial charge in [-0.3, -0.25) is 0 Å². The van der Waals surface area contributed by atoms with Gasteiger partial charge in [-0.1, -0.05) is 12.1 Å². The Morgan fingerprint density at radius 1 is 1.44 bits per heavy atom. The molecule has 0 saturated heterocycles. The van der Waals surface area contributed by atoms with Crippen LogP contribution in [0.5, 0.6) is 5.75 Å². The molecule has 0 aromatic heterocycles. The molecule has 3 nitrogen and oxygen atoms in total. The molecular weight excluding hydrogens is 224 g/mol. The number of fused-ring (bicyclic) bond motifs is 1. The predicted molar refractivity (Wildman–Crippen MR) is 74.9 cm³/mol. The molecule has 1 aliphatic heterocycles. The summed E-state index contributed by atoms with van der Waals surface area (Å²) in [5.74, 6) is 1.05. The molecule has 1 aliphatic rings. The number of benzene rings is 1. The maximum atomic E-state index is 6.12. The fraction of sp³-hybridized carbons (Fsp3) is 0.600. The van der Waals surface area contributed by atoms with Crippen molar-refractivity contribution in [3.05, 3.63) is 29.3 Å². The number of hydrogen-bond acceptors (Lipinski definition) is 3. The topological polar surface area (TPSA) is 47.3 Å². The first-order valence-corrected chi connectivity index (χ1v) is 6.71. The summed E-state index contributed by atoms with van der Waals surface area (Å²) in [7, 11) is 1.99. The number of hydrogen-bond donors (Lipinski definition) is 2. The standard InChI is InChI=1S/C15H24N2O/c1-15(2,16)10-13(17-3)11-6-7-14-12(9-11)5-4-8-18-14/h6-7,9,13,17H,4-5,8,10,16H2,1-3H3. The third-order valence-electron chi connectivity index (χ3n) is 3.41. The van der Waals surface area contributed by atoms with Crippen molar-refractivity contribution in [3.8, 4) is 5.75 Å². The molecule has 1 heterocycles. The summed E-state index contributed by atoms with van der Waals surface area (Å²) in [5, 5.41) is 3.36. The van der Waals surface area contributed by atoms with Gasteiger partial charge in [0, 0.05) is 11.6 Å². The van der Waals surface area contributed by atoms with Gasteiger partial charge < -0.3 is 15.8 Å². The van der Waals surface area contributed by atoms with E-state index in [2.05, 4.69) is 37.4 Å². The number of aryl methyl sites for hydroxylation is 1. The molecule has 2 rings (SSSR count). The molecule has 0 aliphatic carbocycles. The van der Waals surface area contributed by atoms with Gasteiger partial charge in [0.15, 0.2) is 0 Å². The maximum absolute atomic E-state index is 6.12. The summed E-state index contributed by atoms with van der Waals surface area (Å²) < 4.78 is 5.65. The Morgan fingerprint density at radius 2 is 2.22 bits per heavy atom. The lowest BCUT2D eigenvalue weighted by Crippen LogP contribution is -2.36. The van der Waals surface area contributed by atoms with Gasteiger partial charge in [-0.2, -0.15) is 0 Å². The van der Waals surface area contributed by atoms with Gasteiger partial charge in [0.05, 0.1) is 6.61 Å². The highest BCUT2D eigenvalue weighted by molar-refractivity contribution is 5.39. The van der Waals surface area contributed by atoms with Gasteiger partial charge in [0.1, 0.15) is 5.75 Å². The van der Waals surface area contributed by atoms with E-state index < -0.39 is 0 Å². The summed E-state index contributed by atoms with van der Waals surface area (Å²) >= 11 is 0. The third-order valence-corrected chi connectivity index (χ3v) is 3.41. The van der Waals surface area contributed by atoms with E-state index in [1.54, 1.807) is 0 Å². The summed E-state index contributed by atoms with van der Waals surface area (Å²) in [6.45, 7) is 4.98. The molecule has 0 saturated carbocycles. The lowest BCUT2D eigenvalue weighted by Gasteiger charge is -2.27. The van der Waals surface area contributed by atoms with E-state index in [4.69, 9.17) is 10.5 Å². The van der Waals surface area contributed by atoms with E-state index >= 15 is 0 Å². The highest BCUT2D eigenvalue weighted by atomic mass is 16.5. The van der Waals surface area contributed by atoms with Crippen LogP contribution in [-0.2, 0) is 6.42 Å². The molecule has 1 unspecified atom stereocenters. The minimum atomic E-state index is -0.167. The van der Waals surface area contributed by atoms with Crippen LogP contribution in [-0.4, -0.2) is 19.2 Å². The maximum Gasteiger partial charge on any atom is 0.122 e. The third kappa shape index (κ3) is 3.24. The Labute approximate surface area is 110 Å². The zero-order chi connectivity index (χ0) is 13.2. The average Bonchev–Trinajstić information content (AvgIpc) is 2.34. The van der Waals surface area contributed by atoms with Crippen LogP contribution in [0.2, 0.25) is 0 Å². The second-order valence-corrected chi connectivity index (χ2v) is 5.85. The van der Waals surface area contributed by atoms with Crippen LogP contribution in [0.25, 0.3) is 0 Å². The van der Waals surface area contributed by atoms with Crippen molar-refractivity contribution in [3.63, 3.8) is 0 Å². The first-order chi connectivity index (χ1) is 8.49. The van der Waals surface area contributed by atoms with Crippen molar-refractivity contribution in [2.75, 3.05) is 13.7 Å². The summed E-state index contributed by atoms with van der Waals surface area (Å²) in [4.78, 5) is 0. The normalized spacial score (nSPS) is 16.9. The molecule has 3 N–H and O–H groups in total. The molecule has 1 atom stereocenters. The van der Waals surface area contributed by atoms with Gasteiger partial charge >= 0.3 is 0 Å². The summed E-state index contributed by atoms with van der Waals surface area (Å²) in [5.41, 5.74) is 8.59. The highest BCUT2D eigenvalue weighted by Gasteiger charge is 2.20. The SMILES string of the molecule is CNC(CC(C)(C)N)c1ccc2c(c1)CCCO2. The molecule has 0 radical (unpaired) electrons. The van der Waals surface area contributed by atoms with Crippen molar-refractivity contribution in [2.45, 2.75) is 44.7 Å². The molecule has 0 spiro atoms. The fourth-order valence-electron chi connectivity index (χ4n) is 2.51. The van der Waals surface area contributed by atoms with Crippen LogP contribution >= 0.6 is 0 Å². The number of nitrogens with one attached hydrogen (secondary N) is 1. The Kier molecular flexibility index (Phi) is 3.93. The van der Waals surface area contributed by atoms with Crippen molar-refractivity contribution in [1.29, 1.82) is 0 Å². The largest absolute Gasteiger partial charge is 0.493 e. The molecule has 1 aromatic rings. The van der Waals surface area contributed by atoms with Crippen molar-refractivity contribution < 1.29 is 4.74 Å². The van der Waals surface area contributed by atoms with Crippen LogP contribution in [0, 0.1) is 0 Å². The molecular formula is C15H24N2O. The van der Waals surface area contributed by atoms with Gasteiger partial charge in [0.2, 0.25) is 0 Å². The Bertz CT molecular complexity index is 409. The van der Waals surface area contributed by atoms with Crippen LogP contribution < -0.4 is 15.8 Å². The Hall–Kier alpha value is -1.06. The lowest BCUT2D eigenvalue weighted by molar-refractivity contribution is 0.288. The van der Waals surface area contributed by atoms with Crippen LogP contribution in [0.3, 0.4) is 0 Å². The van der Waals surface area contributed by atoms with E-state index in [0.29, 0.717) is 6.04 Å². The van der Waals surface area contributed by atoms with E-state index in [1.165, 1.54) is 11.1 Å². The first-order valence-electron chi connectivity index (χ1n) is 6.71. The molecule has 100 valence electrons. The smallest absolute Gasteiger partial charge is 0.122 e. The predicted octanol–water partition coefficient (Wildman–Crippen LogP) is 2.40. The van der Waals surface area contributed by atoms with Crippen LogP contribution in [0.15, 0.2) is 18.2 Å². The molecule has 3 heteroatoms. The Balaban J connectivity index is 2.21. The zero-order valence-corrected chi connectivity index (χ0v) is 11.6. The van der Waals surface area contributed by atoms with E-state index in [1.807, 2.05) is 7.05 Å². The quantitative estimate of drug-likeness (QED) is 0.860. The highest BCUT2D eigenvalue weighted by Crippen LogP contribution is 2.30. The van der Waals surface area contributed by atoms with Gasteiger partial charge in [-0.05, 0) is 57.4 Å². The van der Waals surface area contributed by atoms with Crippen molar-refractivity contribution in [1.82, 2.24) is 5.32 Å². The zero-order valence-electron chi connectivity index (χ0n) is 11.6. The van der Waals surface area contributed by atoms with Crippen molar-refractivity contribution >= 4 is 0 Å². The molecule has 0 fully saturated rings. The van der Waals surface area contributed by atoms with Gasteiger partial charge in [-0.25, -0.2) is 0 Å². The molecule has 0 amide bonds. The average molecular weight is 248 g/mol. The molecule has 1 aromatic carbocycles. The van der Waals surface area contributed by atoms with Gasteiger partial charge in [-0.15, -0.1) is 0 Å². The fourth-order valence-corrected chi connectivity index (χ4v) is 2.51. The number of nitrogens with two attached hydrogens (primary N) is 1. The lowest BCUT2D eigenvalue weighted by atomic mass is 9.90. The minimum Gasteiger partial charge on any atom is -0.493 e. The number of rotatable bonds is 4. The van der Waals surface area contributed by atoms with E-state index in [-0.39, 0.29) is 5.54 Å².